The minimum Gasteiger partial charge on any atom is -0.380 e. The van der Waals surface area contributed by atoms with E-state index in [9.17, 15) is 4.39 Å². The topological polar surface area (TPSA) is 24.9 Å². The lowest BCUT2D eigenvalue weighted by molar-refractivity contribution is 0.622. The van der Waals surface area contributed by atoms with Crippen LogP contribution >= 0.6 is 0 Å². The smallest absolute Gasteiger partial charge is 0.143 e. The predicted octanol–water partition coefficient (Wildman–Crippen LogP) is 3.13. The summed E-state index contributed by atoms with van der Waals surface area (Å²) in [5.41, 5.74) is 2.17. The highest BCUT2D eigenvalue weighted by Gasteiger charge is 2.03. The Balaban J connectivity index is 1.90. The molecular weight excluding hydrogens is 191 g/mol. The largest absolute Gasteiger partial charge is 0.380 e. The molecular formula is C12H15FN2. The van der Waals surface area contributed by atoms with Gasteiger partial charge in [0.1, 0.15) is 5.82 Å². The van der Waals surface area contributed by atoms with Gasteiger partial charge in [0.15, 0.2) is 0 Å². The summed E-state index contributed by atoms with van der Waals surface area (Å²) < 4.78 is 12.8. The maximum atomic E-state index is 12.8. The summed E-state index contributed by atoms with van der Waals surface area (Å²) in [7, 11) is 0. The van der Waals surface area contributed by atoms with Crippen LogP contribution in [-0.4, -0.2) is 11.5 Å². The molecule has 1 aromatic rings. The number of nitrogens with one attached hydrogen (secondary N) is 1. The third-order valence-corrected chi connectivity index (χ3v) is 2.61. The molecule has 0 spiro atoms. The standard InChI is InChI=1S/C12H15FN2/c13-11-6-12(9-14-8-11)15-7-10-4-2-1-3-5-10/h4,6,8-9,15H,1-3,5,7H2. The van der Waals surface area contributed by atoms with Crippen molar-refractivity contribution in [2.24, 2.45) is 0 Å². The van der Waals surface area contributed by atoms with Gasteiger partial charge < -0.3 is 5.32 Å². The minimum atomic E-state index is -0.294. The molecule has 1 aliphatic carbocycles. The van der Waals surface area contributed by atoms with Crippen molar-refractivity contribution in [1.29, 1.82) is 0 Å². The third-order valence-electron chi connectivity index (χ3n) is 2.61. The fraction of sp³-hybridized carbons (Fsp3) is 0.417. The van der Waals surface area contributed by atoms with E-state index in [0.717, 1.165) is 18.7 Å². The van der Waals surface area contributed by atoms with E-state index >= 15 is 0 Å². The Morgan fingerprint density at radius 1 is 1.33 bits per heavy atom. The average Bonchev–Trinajstić information content (AvgIpc) is 2.28. The van der Waals surface area contributed by atoms with Gasteiger partial charge in [0.2, 0.25) is 0 Å². The summed E-state index contributed by atoms with van der Waals surface area (Å²) in [4.78, 5) is 3.79. The van der Waals surface area contributed by atoms with E-state index in [-0.39, 0.29) is 5.82 Å². The number of pyridine rings is 1. The van der Waals surface area contributed by atoms with Crippen LogP contribution in [-0.2, 0) is 0 Å². The second-order valence-electron chi connectivity index (χ2n) is 3.85. The number of aromatic nitrogens is 1. The second-order valence-corrected chi connectivity index (χ2v) is 3.85. The number of halogens is 1. The summed E-state index contributed by atoms with van der Waals surface area (Å²) in [5, 5.41) is 3.18. The minimum absolute atomic E-state index is 0.294. The molecule has 1 N–H and O–H groups in total. The summed E-state index contributed by atoms with van der Waals surface area (Å²) in [5.74, 6) is -0.294. The van der Waals surface area contributed by atoms with Crippen molar-refractivity contribution in [1.82, 2.24) is 4.98 Å². The zero-order chi connectivity index (χ0) is 10.5. The Hall–Kier alpha value is -1.38. The van der Waals surface area contributed by atoms with E-state index in [4.69, 9.17) is 0 Å². The summed E-state index contributed by atoms with van der Waals surface area (Å²) >= 11 is 0. The molecule has 0 radical (unpaired) electrons. The first kappa shape index (κ1) is 10.1. The van der Waals surface area contributed by atoms with E-state index in [0.29, 0.717) is 0 Å². The Bertz CT molecular complexity index is 360. The predicted molar refractivity (Wildman–Crippen MR) is 59.2 cm³/mol. The molecule has 0 bridgehead atoms. The maximum Gasteiger partial charge on any atom is 0.143 e. The van der Waals surface area contributed by atoms with Crippen LogP contribution in [0.25, 0.3) is 0 Å². The molecule has 80 valence electrons. The molecule has 0 atom stereocenters. The lowest BCUT2D eigenvalue weighted by Gasteiger charge is -2.13. The summed E-state index contributed by atoms with van der Waals surface area (Å²) in [6.45, 7) is 0.811. The van der Waals surface area contributed by atoms with Crippen molar-refractivity contribution in [2.75, 3.05) is 11.9 Å². The van der Waals surface area contributed by atoms with Crippen LogP contribution in [0.2, 0.25) is 0 Å². The van der Waals surface area contributed by atoms with Crippen LogP contribution in [0, 0.1) is 5.82 Å². The van der Waals surface area contributed by atoms with Gasteiger partial charge >= 0.3 is 0 Å². The van der Waals surface area contributed by atoms with Gasteiger partial charge in [-0.25, -0.2) is 4.39 Å². The molecule has 0 unspecified atom stereocenters. The van der Waals surface area contributed by atoms with Crippen molar-refractivity contribution in [3.8, 4) is 0 Å². The fourth-order valence-corrected chi connectivity index (χ4v) is 1.79. The highest BCUT2D eigenvalue weighted by molar-refractivity contribution is 5.41. The van der Waals surface area contributed by atoms with E-state index in [1.54, 1.807) is 6.20 Å². The number of anilines is 1. The molecule has 0 amide bonds. The maximum absolute atomic E-state index is 12.8. The van der Waals surface area contributed by atoms with Crippen LogP contribution in [0.1, 0.15) is 25.7 Å². The van der Waals surface area contributed by atoms with Crippen LogP contribution in [0.3, 0.4) is 0 Å². The van der Waals surface area contributed by atoms with Crippen molar-refractivity contribution in [2.45, 2.75) is 25.7 Å². The Labute approximate surface area is 89.2 Å². The zero-order valence-corrected chi connectivity index (χ0v) is 8.67. The van der Waals surface area contributed by atoms with Crippen molar-refractivity contribution in [3.05, 3.63) is 35.9 Å². The first-order valence-corrected chi connectivity index (χ1v) is 5.37. The summed E-state index contributed by atoms with van der Waals surface area (Å²) in [6.07, 6.45) is 10.1. The number of hydrogen-bond acceptors (Lipinski definition) is 2. The average molecular weight is 206 g/mol. The first-order chi connectivity index (χ1) is 7.34. The van der Waals surface area contributed by atoms with Crippen molar-refractivity contribution >= 4 is 5.69 Å². The van der Waals surface area contributed by atoms with Gasteiger partial charge in [-0.05, 0) is 25.7 Å². The highest BCUT2D eigenvalue weighted by Crippen LogP contribution is 2.17. The number of nitrogens with zero attached hydrogens (tertiary/aromatic N) is 1. The molecule has 3 heteroatoms. The molecule has 0 aromatic carbocycles. The van der Waals surface area contributed by atoms with E-state index in [1.807, 2.05) is 0 Å². The molecule has 2 rings (SSSR count). The normalized spacial score (nSPS) is 15.9. The Morgan fingerprint density at radius 3 is 3.00 bits per heavy atom. The molecule has 1 aliphatic rings. The SMILES string of the molecule is Fc1cncc(NCC2=CCCCC2)c1. The van der Waals surface area contributed by atoms with Crippen LogP contribution in [0.5, 0.6) is 0 Å². The van der Waals surface area contributed by atoms with Gasteiger partial charge in [-0.3, -0.25) is 4.98 Å². The molecule has 15 heavy (non-hydrogen) atoms. The first-order valence-electron chi connectivity index (χ1n) is 5.37. The van der Waals surface area contributed by atoms with Gasteiger partial charge in [-0.2, -0.15) is 0 Å². The van der Waals surface area contributed by atoms with Crippen molar-refractivity contribution < 1.29 is 4.39 Å². The lowest BCUT2D eigenvalue weighted by atomic mass is 10.00. The molecule has 2 nitrogen and oxygen atoms in total. The second kappa shape index (κ2) is 4.91. The molecule has 0 saturated carbocycles. The molecule has 0 aliphatic heterocycles. The highest BCUT2D eigenvalue weighted by atomic mass is 19.1. The van der Waals surface area contributed by atoms with Gasteiger partial charge in [0, 0.05) is 12.6 Å². The van der Waals surface area contributed by atoms with Gasteiger partial charge in [-0.1, -0.05) is 11.6 Å². The van der Waals surface area contributed by atoms with Crippen LogP contribution in [0.4, 0.5) is 10.1 Å². The summed E-state index contributed by atoms with van der Waals surface area (Å²) in [6, 6.07) is 1.47. The van der Waals surface area contributed by atoms with Gasteiger partial charge in [-0.15, -0.1) is 0 Å². The van der Waals surface area contributed by atoms with E-state index in [1.165, 1.54) is 37.1 Å². The van der Waals surface area contributed by atoms with E-state index < -0.39 is 0 Å². The quantitative estimate of drug-likeness (QED) is 0.768. The van der Waals surface area contributed by atoms with Gasteiger partial charge in [0.05, 0.1) is 18.1 Å². The number of hydrogen-bond donors (Lipinski definition) is 1. The molecule has 1 aromatic heterocycles. The van der Waals surface area contributed by atoms with E-state index in [2.05, 4.69) is 16.4 Å². The molecule has 1 heterocycles. The Morgan fingerprint density at radius 2 is 2.27 bits per heavy atom. The Kier molecular flexibility index (Phi) is 3.33. The van der Waals surface area contributed by atoms with Gasteiger partial charge in [0.25, 0.3) is 0 Å². The van der Waals surface area contributed by atoms with Crippen LogP contribution < -0.4 is 5.32 Å². The van der Waals surface area contributed by atoms with Crippen molar-refractivity contribution in [3.63, 3.8) is 0 Å². The number of allylic oxidation sites excluding steroid dienone is 1. The lowest BCUT2D eigenvalue weighted by Crippen LogP contribution is -2.07. The molecule has 0 fully saturated rings. The van der Waals surface area contributed by atoms with Crippen LogP contribution in [0.15, 0.2) is 30.1 Å². The third kappa shape index (κ3) is 3.05. The zero-order valence-electron chi connectivity index (χ0n) is 8.67. The molecule has 0 saturated heterocycles. The number of rotatable bonds is 3. The fourth-order valence-electron chi connectivity index (χ4n) is 1.79. The monoisotopic (exact) mass is 206 g/mol.